The van der Waals surface area contributed by atoms with Gasteiger partial charge in [-0.1, -0.05) is 5.11 Å². The second-order valence-corrected chi connectivity index (χ2v) is 3.44. The van der Waals surface area contributed by atoms with E-state index in [9.17, 15) is 19.0 Å². The lowest BCUT2D eigenvalue weighted by atomic mass is 10.0. The Kier molecular flexibility index (Phi) is 4.85. The van der Waals surface area contributed by atoms with Crippen LogP contribution >= 0.6 is 0 Å². The number of hydrogen-bond donors (Lipinski definition) is 2. The SMILES string of the molecule is COc1c(F)cc(F)cc1C(O)C(O)CN=[N+]=[N-]. The maximum atomic E-state index is 13.3. The van der Waals surface area contributed by atoms with Crippen molar-refractivity contribution in [2.45, 2.75) is 12.2 Å². The molecule has 0 radical (unpaired) electrons. The highest BCUT2D eigenvalue weighted by Gasteiger charge is 2.24. The lowest BCUT2D eigenvalue weighted by Gasteiger charge is -2.19. The second-order valence-electron chi connectivity index (χ2n) is 3.44. The van der Waals surface area contributed by atoms with Crippen LogP contribution in [0.5, 0.6) is 5.75 Å². The van der Waals surface area contributed by atoms with Gasteiger partial charge >= 0.3 is 0 Å². The van der Waals surface area contributed by atoms with Crippen LogP contribution in [0.1, 0.15) is 11.7 Å². The number of rotatable bonds is 5. The molecule has 1 aromatic rings. The third-order valence-electron chi connectivity index (χ3n) is 2.26. The van der Waals surface area contributed by atoms with E-state index in [0.29, 0.717) is 6.07 Å². The quantitative estimate of drug-likeness (QED) is 0.478. The number of halogens is 2. The van der Waals surface area contributed by atoms with Crippen LogP contribution < -0.4 is 4.74 Å². The van der Waals surface area contributed by atoms with Crippen molar-refractivity contribution in [1.29, 1.82) is 0 Å². The largest absolute Gasteiger partial charge is 0.493 e. The molecular formula is C10H11F2N3O3. The van der Waals surface area contributed by atoms with E-state index in [0.717, 1.165) is 13.2 Å². The maximum Gasteiger partial charge on any atom is 0.168 e. The number of methoxy groups -OCH3 is 1. The van der Waals surface area contributed by atoms with Crippen LogP contribution in [0.3, 0.4) is 0 Å². The molecule has 2 unspecified atom stereocenters. The van der Waals surface area contributed by atoms with Crippen LogP contribution in [-0.2, 0) is 0 Å². The fourth-order valence-electron chi connectivity index (χ4n) is 1.44. The van der Waals surface area contributed by atoms with Crippen LogP contribution in [0.15, 0.2) is 17.2 Å². The van der Waals surface area contributed by atoms with E-state index < -0.39 is 30.4 Å². The fraction of sp³-hybridized carbons (Fsp3) is 0.400. The third-order valence-corrected chi connectivity index (χ3v) is 2.26. The Morgan fingerprint density at radius 3 is 2.67 bits per heavy atom. The minimum absolute atomic E-state index is 0.254. The molecule has 0 aliphatic carbocycles. The molecule has 2 atom stereocenters. The van der Waals surface area contributed by atoms with Crippen molar-refractivity contribution in [2.24, 2.45) is 5.11 Å². The summed E-state index contributed by atoms with van der Waals surface area (Å²) in [5.41, 5.74) is 7.82. The summed E-state index contributed by atoms with van der Waals surface area (Å²) in [6, 6.07) is 1.43. The second kappa shape index (κ2) is 6.15. The molecule has 0 aromatic heterocycles. The third kappa shape index (κ3) is 3.07. The Morgan fingerprint density at radius 1 is 1.44 bits per heavy atom. The van der Waals surface area contributed by atoms with Gasteiger partial charge in [0.25, 0.3) is 0 Å². The van der Waals surface area contributed by atoms with Crippen molar-refractivity contribution in [1.82, 2.24) is 0 Å². The summed E-state index contributed by atoms with van der Waals surface area (Å²) in [5, 5.41) is 22.3. The van der Waals surface area contributed by atoms with Crippen molar-refractivity contribution in [3.05, 3.63) is 39.8 Å². The zero-order valence-corrected chi connectivity index (χ0v) is 9.42. The molecule has 0 bridgehead atoms. The molecule has 6 nitrogen and oxygen atoms in total. The Hall–Kier alpha value is -1.89. The van der Waals surface area contributed by atoms with Crippen LogP contribution in [0.25, 0.3) is 10.4 Å². The molecule has 0 heterocycles. The van der Waals surface area contributed by atoms with Crippen molar-refractivity contribution in [2.75, 3.05) is 13.7 Å². The van der Waals surface area contributed by atoms with Crippen LogP contribution in [0.4, 0.5) is 8.78 Å². The number of nitrogens with zero attached hydrogens (tertiary/aromatic N) is 3. The van der Waals surface area contributed by atoms with E-state index in [-0.39, 0.29) is 11.3 Å². The number of hydrogen-bond acceptors (Lipinski definition) is 4. The van der Waals surface area contributed by atoms with E-state index in [1.165, 1.54) is 0 Å². The van der Waals surface area contributed by atoms with Gasteiger partial charge in [0.1, 0.15) is 11.9 Å². The van der Waals surface area contributed by atoms with Gasteiger partial charge in [-0.3, -0.25) is 0 Å². The van der Waals surface area contributed by atoms with Gasteiger partial charge in [0.05, 0.1) is 19.8 Å². The predicted octanol–water partition coefficient (Wildman–Crippen LogP) is 1.68. The predicted molar refractivity (Wildman–Crippen MR) is 57.9 cm³/mol. The highest BCUT2D eigenvalue weighted by Crippen LogP contribution is 2.31. The van der Waals surface area contributed by atoms with Gasteiger partial charge in [0, 0.05) is 16.5 Å². The minimum atomic E-state index is -1.63. The molecular weight excluding hydrogens is 248 g/mol. The number of benzene rings is 1. The fourth-order valence-corrected chi connectivity index (χ4v) is 1.44. The van der Waals surface area contributed by atoms with Gasteiger partial charge in [-0.15, -0.1) is 0 Å². The molecule has 2 N–H and O–H groups in total. The molecule has 0 fully saturated rings. The zero-order chi connectivity index (χ0) is 13.7. The molecule has 0 amide bonds. The van der Waals surface area contributed by atoms with Crippen molar-refractivity contribution in [3.8, 4) is 5.75 Å². The molecule has 0 saturated carbocycles. The van der Waals surface area contributed by atoms with Crippen LogP contribution in [-0.4, -0.2) is 30.0 Å². The summed E-state index contributed by atoms with van der Waals surface area (Å²) in [4.78, 5) is 2.40. The average Bonchev–Trinajstić information content (AvgIpc) is 2.34. The number of aliphatic hydroxyl groups is 2. The molecule has 1 aromatic carbocycles. The monoisotopic (exact) mass is 259 g/mol. The lowest BCUT2D eigenvalue weighted by molar-refractivity contribution is 0.0225. The van der Waals surface area contributed by atoms with Gasteiger partial charge in [0.2, 0.25) is 0 Å². The first-order chi connectivity index (χ1) is 8.51. The first kappa shape index (κ1) is 14.2. The summed E-state index contributed by atoms with van der Waals surface area (Å²) in [6.45, 7) is -0.432. The molecule has 0 saturated heterocycles. The van der Waals surface area contributed by atoms with Crippen molar-refractivity contribution >= 4 is 0 Å². The molecule has 18 heavy (non-hydrogen) atoms. The van der Waals surface area contributed by atoms with Gasteiger partial charge < -0.3 is 14.9 Å². The topological polar surface area (TPSA) is 98.5 Å². The van der Waals surface area contributed by atoms with E-state index in [4.69, 9.17) is 10.3 Å². The van der Waals surface area contributed by atoms with E-state index >= 15 is 0 Å². The van der Waals surface area contributed by atoms with Gasteiger partial charge in [-0.05, 0) is 11.6 Å². The number of azide groups is 1. The Labute approximate surface area is 101 Å². The van der Waals surface area contributed by atoms with Crippen molar-refractivity contribution < 1.29 is 23.7 Å². The Bertz CT molecular complexity index is 478. The van der Waals surface area contributed by atoms with Gasteiger partial charge in [0.15, 0.2) is 11.6 Å². The molecule has 0 spiro atoms. The number of aliphatic hydroxyl groups excluding tert-OH is 2. The average molecular weight is 259 g/mol. The summed E-state index contributed by atoms with van der Waals surface area (Å²) < 4.78 is 31.1. The standard InChI is InChI=1S/C10H11F2N3O3/c1-18-10-6(2-5(11)3-7(10)12)9(17)8(16)4-14-15-13/h2-3,8-9,16-17H,4H2,1H3. The normalized spacial score (nSPS) is 13.6. The van der Waals surface area contributed by atoms with Crippen LogP contribution in [0.2, 0.25) is 0 Å². The Balaban J connectivity index is 3.10. The van der Waals surface area contributed by atoms with Gasteiger partial charge in [-0.2, -0.15) is 0 Å². The molecule has 0 aliphatic heterocycles. The molecule has 98 valence electrons. The summed E-state index contributed by atoms with van der Waals surface area (Å²) in [6.07, 6.45) is -3.12. The van der Waals surface area contributed by atoms with Crippen molar-refractivity contribution in [3.63, 3.8) is 0 Å². The Morgan fingerprint density at radius 2 is 2.11 bits per heavy atom. The summed E-state index contributed by atoms with van der Waals surface area (Å²) in [7, 11) is 1.15. The van der Waals surface area contributed by atoms with E-state index in [2.05, 4.69) is 10.0 Å². The smallest absolute Gasteiger partial charge is 0.168 e. The first-order valence-electron chi connectivity index (χ1n) is 4.91. The molecule has 1 rings (SSSR count). The summed E-state index contributed by atoms with van der Waals surface area (Å²) in [5.74, 6) is -2.29. The molecule has 0 aliphatic rings. The van der Waals surface area contributed by atoms with E-state index in [1.807, 2.05) is 0 Å². The lowest BCUT2D eigenvalue weighted by Crippen LogP contribution is -2.22. The molecule has 8 heteroatoms. The highest BCUT2D eigenvalue weighted by molar-refractivity contribution is 5.37. The zero-order valence-electron chi connectivity index (χ0n) is 9.42. The summed E-state index contributed by atoms with van der Waals surface area (Å²) >= 11 is 0. The highest BCUT2D eigenvalue weighted by atomic mass is 19.1. The maximum absolute atomic E-state index is 13.3. The van der Waals surface area contributed by atoms with Crippen LogP contribution in [0, 0.1) is 11.6 Å². The number of ether oxygens (including phenoxy) is 1. The van der Waals surface area contributed by atoms with Gasteiger partial charge in [-0.25, -0.2) is 8.78 Å². The minimum Gasteiger partial charge on any atom is -0.493 e. The first-order valence-corrected chi connectivity index (χ1v) is 4.91. The van der Waals surface area contributed by atoms with E-state index in [1.54, 1.807) is 0 Å².